The van der Waals surface area contributed by atoms with E-state index in [4.69, 9.17) is 9.31 Å². The Bertz CT molecular complexity index is 966. The highest BCUT2D eigenvalue weighted by atomic mass is 16.6. The molecule has 0 spiro atoms. The van der Waals surface area contributed by atoms with Gasteiger partial charge in [-0.2, -0.15) is 4.98 Å². The third kappa shape index (κ3) is 5.67. The molecule has 0 bridgehead atoms. The number of hydrogen-bond acceptors (Lipinski definition) is 7. The SMILES string of the molecule is CCC(CC)Nc1nc(Nc2cc(C)c(B3OCC(C)(C)CO3)c(C(C)=O)c2)ncc1C. The molecule has 0 aliphatic carbocycles. The Balaban J connectivity index is 1.88. The fraction of sp³-hybridized carbons (Fsp3) is 0.542. The van der Waals surface area contributed by atoms with Crippen molar-refractivity contribution in [2.75, 3.05) is 23.8 Å². The van der Waals surface area contributed by atoms with Crippen molar-refractivity contribution in [2.45, 2.75) is 67.3 Å². The molecule has 2 N–H and O–H groups in total. The van der Waals surface area contributed by atoms with Gasteiger partial charge in [-0.05, 0) is 56.8 Å². The van der Waals surface area contributed by atoms with E-state index in [-0.39, 0.29) is 11.2 Å². The van der Waals surface area contributed by atoms with E-state index in [9.17, 15) is 4.79 Å². The average molecular weight is 438 g/mol. The number of anilines is 3. The summed E-state index contributed by atoms with van der Waals surface area (Å²) < 4.78 is 11.9. The van der Waals surface area contributed by atoms with Crippen LogP contribution in [0.5, 0.6) is 0 Å². The molecule has 0 atom stereocenters. The lowest BCUT2D eigenvalue weighted by Gasteiger charge is -2.34. The minimum atomic E-state index is -0.539. The van der Waals surface area contributed by atoms with Crippen LogP contribution < -0.4 is 16.1 Å². The minimum Gasteiger partial charge on any atom is -0.407 e. The second-order valence-electron chi connectivity index (χ2n) is 9.44. The molecule has 8 heteroatoms. The fourth-order valence-corrected chi connectivity index (χ4v) is 3.80. The molecule has 3 rings (SSSR count). The van der Waals surface area contributed by atoms with E-state index in [0.717, 1.165) is 40.9 Å². The average Bonchev–Trinajstić information content (AvgIpc) is 2.74. The molecular weight excluding hydrogens is 403 g/mol. The summed E-state index contributed by atoms with van der Waals surface area (Å²) in [5.41, 5.74) is 4.01. The third-order valence-corrected chi connectivity index (χ3v) is 5.81. The summed E-state index contributed by atoms with van der Waals surface area (Å²) in [5, 5.41) is 6.76. The Morgan fingerprint density at radius 2 is 1.81 bits per heavy atom. The maximum absolute atomic E-state index is 12.5. The molecule has 172 valence electrons. The van der Waals surface area contributed by atoms with E-state index in [1.54, 1.807) is 13.1 Å². The molecule has 2 heterocycles. The number of ketones is 1. The highest BCUT2D eigenvalue weighted by Gasteiger charge is 2.36. The van der Waals surface area contributed by atoms with Gasteiger partial charge in [0.1, 0.15) is 5.82 Å². The number of nitrogens with zero attached hydrogens (tertiary/aromatic N) is 2. The molecule has 1 fully saturated rings. The van der Waals surface area contributed by atoms with Crippen molar-refractivity contribution in [3.05, 3.63) is 35.0 Å². The second kappa shape index (κ2) is 10.0. The first-order valence-corrected chi connectivity index (χ1v) is 11.4. The number of aromatic nitrogens is 2. The first-order chi connectivity index (χ1) is 15.1. The fourth-order valence-electron chi connectivity index (χ4n) is 3.80. The predicted octanol–water partition coefficient (Wildman–Crippen LogP) is 4.41. The molecule has 1 aliphatic rings. The van der Waals surface area contributed by atoms with Gasteiger partial charge in [0.25, 0.3) is 0 Å². The van der Waals surface area contributed by atoms with Crippen LogP contribution in [0.1, 0.15) is 68.9 Å². The van der Waals surface area contributed by atoms with Gasteiger partial charge in [0.2, 0.25) is 5.95 Å². The largest absolute Gasteiger partial charge is 0.494 e. The first-order valence-electron chi connectivity index (χ1n) is 11.4. The molecule has 1 aliphatic heterocycles. The van der Waals surface area contributed by atoms with E-state index in [1.807, 2.05) is 26.0 Å². The highest BCUT2D eigenvalue weighted by Crippen LogP contribution is 2.25. The van der Waals surface area contributed by atoms with Crippen LogP contribution in [-0.2, 0) is 9.31 Å². The van der Waals surface area contributed by atoms with Crippen LogP contribution in [0.25, 0.3) is 0 Å². The molecule has 0 saturated carbocycles. The third-order valence-electron chi connectivity index (χ3n) is 5.81. The summed E-state index contributed by atoms with van der Waals surface area (Å²) in [4.78, 5) is 21.6. The number of nitrogens with one attached hydrogen (secondary N) is 2. The molecule has 2 aromatic rings. The monoisotopic (exact) mass is 438 g/mol. The number of carbonyl (C=O) groups excluding carboxylic acids is 1. The predicted molar refractivity (Wildman–Crippen MR) is 130 cm³/mol. The van der Waals surface area contributed by atoms with E-state index in [2.05, 4.69) is 48.3 Å². The molecule has 0 radical (unpaired) electrons. The van der Waals surface area contributed by atoms with Crippen molar-refractivity contribution in [1.82, 2.24) is 9.97 Å². The van der Waals surface area contributed by atoms with Crippen LogP contribution in [0, 0.1) is 19.3 Å². The van der Waals surface area contributed by atoms with Gasteiger partial charge in [-0.3, -0.25) is 4.79 Å². The van der Waals surface area contributed by atoms with Gasteiger partial charge in [-0.1, -0.05) is 27.7 Å². The van der Waals surface area contributed by atoms with Crippen LogP contribution in [0.3, 0.4) is 0 Å². The van der Waals surface area contributed by atoms with E-state index < -0.39 is 7.12 Å². The number of Topliss-reactive ketones (excluding diaryl/α,β-unsaturated/α-hetero) is 1. The summed E-state index contributed by atoms with van der Waals surface area (Å²) in [7, 11) is -0.539. The van der Waals surface area contributed by atoms with Crippen molar-refractivity contribution < 1.29 is 14.1 Å². The zero-order chi connectivity index (χ0) is 23.5. The van der Waals surface area contributed by atoms with Crippen LogP contribution in [0.4, 0.5) is 17.5 Å². The number of carbonyl (C=O) groups is 1. The molecule has 1 aromatic carbocycles. The first kappa shape index (κ1) is 24.2. The number of aryl methyl sites for hydroxylation is 2. The van der Waals surface area contributed by atoms with Crippen molar-refractivity contribution in [3.63, 3.8) is 0 Å². The number of benzene rings is 1. The highest BCUT2D eigenvalue weighted by molar-refractivity contribution is 6.63. The summed E-state index contributed by atoms with van der Waals surface area (Å²) in [6.45, 7) is 15.2. The van der Waals surface area contributed by atoms with Crippen molar-refractivity contribution >= 4 is 35.8 Å². The molecule has 32 heavy (non-hydrogen) atoms. The Morgan fingerprint density at radius 1 is 1.16 bits per heavy atom. The molecule has 7 nitrogen and oxygen atoms in total. The standard InChI is InChI=1S/C24H35BN4O3/c1-8-18(9-2)27-22-16(4)12-26-23(29-22)28-19-10-15(3)21(20(11-19)17(5)30)25-31-13-24(6,7)14-32-25/h10-12,18H,8-9,13-14H2,1-7H3,(H2,26,27,28,29). The van der Waals surface area contributed by atoms with Gasteiger partial charge in [0.05, 0.1) is 0 Å². The number of hydrogen-bond donors (Lipinski definition) is 2. The van der Waals surface area contributed by atoms with Gasteiger partial charge in [0.15, 0.2) is 5.78 Å². The van der Waals surface area contributed by atoms with Gasteiger partial charge >= 0.3 is 7.12 Å². The topological polar surface area (TPSA) is 85.4 Å². The van der Waals surface area contributed by atoms with Gasteiger partial charge in [-0.25, -0.2) is 4.98 Å². The lowest BCUT2D eigenvalue weighted by Crippen LogP contribution is -2.49. The Hall–Kier alpha value is -2.45. The Morgan fingerprint density at radius 3 is 2.41 bits per heavy atom. The maximum atomic E-state index is 12.5. The summed E-state index contributed by atoms with van der Waals surface area (Å²) in [6, 6.07) is 4.17. The van der Waals surface area contributed by atoms with Crippen molar-refractivity contribution in [1.29, 1.82) is 0 Å². The lowest BCUT2D eigenvalue weighted by atomic mass is 9.70. The molecular formula is C24H35BN4O3. The normalized spacial score (nSPS) is 15.7. The Kier molecular flexibility index (Phi) is 7.57. The van der Waals surface area contributed by atoms with Gasteiger partial charge in [-0.15, -0.1) is 0 Å². The van der Waals surface area contributed by atoms with Crippen molar-refractivity contribution in [2.24, 2.45) is 5.41 Å². The van der Waals surface area contributed by atoms with Crippen molar-refractivity contribution in [3.8, 4) is 0 Å². The summed E-state index contributed by atoms with van der Waals surface area (Å²) >= 11 is 0. The smallest absolute Gasteiger partial charge is 0.407 e. The van der Waals surface area contributed by atoms with Crippen LogP contribution in [-0.4, -0.2) is 42.1 Å². The zero-order valence-electron chi connectivity index (χ0n) is 20.3. The quantitative estimate of drug-likeness (QED) is 0.467. The van der Waals surface area contributed by atoms with Crippen LogP contribution >= 0.6 is 0 Å². The zero-order valence-corrected chi connectivity index (χ0v) is 20.3. The van der Waals surface area contributed by atoms with Crippen LogP contribution in [0.2, 0.25) is 0 Å². The van der Waals surface area contributed by atoms with Crippen LogP contribution in [0.15, 0.2) is 18.3 Å². The minimum absolute atomic E-state index is 0.0363. The van der Waals surface area contributed by atoms with E-state index in [1.165, 1.54) is 0 Å². The number of rotatable bonds is 8. The van der Waals surface area contributed by atoms with E-state index in [0.29, 0.717) is 30.8 Å². The van der Waals surface area contributed by atoms with Gasteiger partial charge < -0.3 is 19.9 Å². The second-order valence-corrected chi connectivity index (χ2v) is 9.44. The summed E-state index contributed by atoms with van der Waals surface area (Å²) in [5.74, 6) is 1.27. The summed E-state index contributed by atoms with van der Waals surface area (Å²) in [6.07, 6.45) is 3.85. The van der Waals surface area contributed by atoms with E-state index >= 15 is 0 Å². The van der Waals surface area contributed by atoms with Gasteiger partial charge in [0, 0.05) is 47.7 Å². The maximum Gasteiger partial charge on any atom is 0.494 e. The Labute approximate surface area is 191 Å². The lowest BCUT2D eigenvalue weighted by molar-refractivity contribution is 0.0342. The molecule has 1 saturated heterocycles. The molecule has 0 amide bonds. The molecule has 0 unspecified atom stereocenters. The molecule has 1 aromatic heterocycles.